The van der Waals surface area contributed by atoms with Gasteiger partial charge in [0.15, 0.2) is 0 Å². The smallest absolute Gasteiger partial charge is 0.245 e. The van der Waals surface area contributed by atoms with Gasteiger partial charge in [-0.2, -0.15) is 0 Å². The highest BCUT2D eigenvalue weighted by atomic mass is 35.5. The number of likely N-dealkylation sites (tertiary alicyclic amines) is 1. The lowest BCUT2D eigenvalue weighted by Crippen LogP contribution is -2.47. The number of amides is 2. The van der Waals surface area contributed by atoms with Crippen LogP contribution in [0.3, 0.4) is 0 Å². The fraction of sp³-hybridized carbons (Fsp3) is 0.579. The molecule has 2 amide bonds. The Labute approximate surface area is 149 Å². The van der Waals surface area contributed by atoms with E-state index in [9.17, 15) is 9.59 Å². The second-order valence-electron chi connectivity index (χ2n) is 6.46. The van der Waals surface area contributed by atoms with Crippen molar-refractivity contribution in [3.05, 3.63) is 34.9 Å². The molecule has 0 spiro atoms. The zero-order chi connectivity index (χ0) is 17.4. The van der Waals surface area contributed by atoms with Gasteiger partial charge in [-0.15, -0.1) is 0 Å². The van der Waals surface area contributed by atoms with Crippen molar-refractivity contribution in [3.8, 4) is 0 Å². The molecule has 0 aliphatic carbocycles. The van der Waals surface area contributed by atoms with E-state index >= 15 is 0 Å². The lowest BCUT2D eigenvalue weighted by Gasteiger charge is -2.25. The van der Waals surface area contributed by atoms with E-state index in [-0.39, 0.29) is 17.9 Å². The summed E-state index contributed by atoms with van der Waals surface area (Å²) in [6, 6.07) is 7.20. The molecule has 24 heavy (non-hydrogen) atoms. The Balaban J connectivity index is 1.95. The van der Waals surface area contributed by atoms with Crippen LogP contribution in [0.25, 0.3) is 0 Å². The second kappa shape index (κ2) is 9.67. The number of hydrogen-bond donors (Lipinski definition) is 1. The van der Waals surface area contributed by atoms with Gasteiger partial charge < -0.3 is 10.2 Å². The van der Waals surface area contributed by atoms with Crippen LogP contribution < -0.4 is 5.32 Å². The van der Waals surface area contributed by atoms with Crippen LogP contribution in [0.2, 0.25) is 5.02 Å². The van der Waals surface area contributed by atoms with Crippen molar-refractivity contribution in [1.29, 1.82) is 0 Å². The summed E-state index contributed by atoms with van der Waals surface area (Å²) >= 11 is 6.03. The van der Waals surface area contributed by atoms with Crippen LogP contribution in [0.4, 0.5) is 0 Å². The second-order valence-corrected chi connectivity index (χ2v) is 6.90. The van der Waals surface area contributed by atoms with Gasteiger partial charge in [-0.25, -0.2) is 0 Å². The van der Waals surface area contributed by atoms with Gasteiger partial charge in [-0.3, -0.25) is 9.59 Å². The number of nitrogens with zero attached hydrogens (tertiary/aromatic N) is 1. The first kappa shape index (κ1) is 18.8. The minimum absolute atomic E-state index is 0.00796. The van der Waals surface area contributed by atoms with Crippen LogP contribution in [-0.2, 0) is 16.1 Å². The number of carbonyl (C=O) groups excluding carboxylic acids is 2. The minimum atomic E-state index is -0.388. The summed E-state index contributed by atoms with van der Waals surface area (Å²) in [6.45, 7) is 3.38. The van der Waals surface area contributed by atoms with Gasteiger partial charge in [-0.05, 0) is 43.4 Å². The maximum atomic E-state index is 12.8. The van der Waals surface area contributed by atoms with E-state index in [1.54, 1.807) is 0 Å². The number of carbonyl (C=O) groups is 2. The molecular weight excluding hydrogens is 324 g/mol. The molecule has 1 aromatic rings. The molecular formula is C19H27ClN2O2. The van der Waals surface area contributed by atoms with Gasteiger partial charge in [0.05, 0.1) is 0 Å². The van der Waals surface area contributed by atoms with Gasteiger partial charge in [0, 0.05) is 24.5 Å². The summed E-state index contributed by atoms with van der Waals surface area (Å²) in [4.78, 5) is 26.7. The van der Waals surface area contributed by atoms with Crippen molar-refractivity contribution in [2.24, 2.45) is 0 Å². The fourth-order valence-corrected chi connectivity index (χ4v) is 3.27. The van der Waals surface area contributed by atoms with Crippen molar-refractivity contribution in [2.75, 3.05) is 6.54 Å². The van der Waals surface area contributed by atoms with E-state index in [0.717, 1.165) is 50.6 Å². The predicted molar refractivity (Wildman–Crippen MR) is 96.8 cm³/mol. The Morgan fingerprint density at radius 3 is 2.92 bits per heavy atom. The summed E-state index contributed by atoms with van der Waals surface area (Å²) in [5.74, 6) is 0.0164. The Morgan fingerprint density at radius 1 is 1.33 bits per heavy atom. The molecule has 1 aliphatic heterocycles. The molecule has 1 heterocycles. The molecule has 2 rings (SSSR count). The number of rotatable bonds is 7. The highest BCUT2D eigenvalue weighted by molar-refractivity contribution is 6.30. The predicted octanol–water partition coefficient (Wildman–Crippen LogP) is 3.92. The van der Waals surface area contributed by atoms with Crippen LogP contribution in [0.15, 0.2) is 24.3 Å². The standard InChI is InChI=1S/C19H27ClN2O2/c1-2-3-4-11-18(23)21-17-10-5-6-12-22(19(17)24)14-15-8-7-9-16(20)13-15/h7-9,13,17H,2-6,10-12,14H2,1H3,(H,21,23). The molecule has 1 saturated heterocycles. The van der Waals surface area contributed by atoms with Gasteiger partial charge in [-0.1, -0.05) is 43.5 Å². The van der Waals surface area contributed by atoms with Crippen LogP contribution >= 0.6 is 11.6 Å². The third-order valence-electron chi connectivity index (χ3n) is 4.39. The largest absolute Gasteiger partial charge is 0.344 e. The van der Waals surface area contributed by atoms with E-state index in [2.05, 4.69) is 12.2 Å². The number of benzene rings is 1. The fourth-order valence-electron chi connectivity index (χ4n) is 3.05. The van der Waals surface area contributed by atoms with Gasteiger partial charge in [0.2, 0.25) is 11.8 Å². The maximum absolute atomic E-state index is 12.8. The molecule has 1 N–H and O–H groups in total. The zero-order valence-corrected chi connectivity index (χ0v) is 15.1. The molecule has 0 radical (unpaired) electrons. The Morgan fingerprint density at radius 2 is 2.17 bits per heavy atom. The average Bonchev–Trinajstić information content (AvgIpc) is 2.71. The zero-order valence-electron chi connectivity index (χ0n) is 14.4. The van der Waals surface area contributed by atoms with Gasteiger partial charge >= 0.3 is 0 Å². The molecule has 0 aromatic heterocycles. The van der Waals surface area contributed by atoms with Crippen LogP contribution in [-0.4, -0.2) is 29.3 Å². The first-order chi connectivity index (χ1) is 11.6. The lowest BCUT2D eigenvalue weighted by molar-refractivity contribution is -0.136. The first-order valence-electron chi connectivity index (χ1n) is 8.92. The molecule has 0 saturated carbocycles. The number of nitrogens with one attached hydrogen (secondary N) is 1. The average molecular weight is 351 g/mol. The van der Waals surface area contributed by atoms with Crippen LogP contribution in [0.1, 0.15) is 57.4 Å². The molecule has 1 fully saturated rings. The first-order valence-corrected chi connectivity index (χ1v) is 9.30. The Hall–Kier alpha value is -1.55. The van der Waals surface area contributed by atoms with Crippen LogP contribution in [0.5, 0.6) is 0 Å². The van der Waals surface area contributed by atoms with Gasteiger partial charge in [0.1, 0.15) is 6.04 Å². The van der Waals surface area contributed by atoms with Crippen molar-refractivity contribution in [1.82, 2.24) is 10.2 Å². The number of halogens is 1. The van der Waals surface area contributed by atoms with Crippen molar-refractivity contribution < 1.29 is 9.59 Å². The summed E-state index contributed by atoms with van der Waals surface area (Å²) in [5.41, 5.74) is 1.02. The SMILES string of the molecule is CCCCCC(=O)NC1CCCCN(Cc2cccc(Cl)c2)C1=O. The topological polar surface area (TPSA) is 49.4 Å². The van der Waals surface area contributed by atoms with Crippen molar-refractivity contribution >= 4 is 23.4 Å². The van der Waals surface area contributed by atoms with Gasteiger partial charge in [0.25, 0.3) is 0 Å². The number of hydrogen-bond acceptors (Lipinski definition) is 2. The molecule has 1 aliphatic rings. The molecule has 1 aromatic carbocycles. The van der Waals surface area contributed by atoms with Crippen molar-refractivity contribution in [2.45, 2.75) is 64.5 Å². The molecule has 5 heteroatoms. The van der Waals surface area contributed by atoms with E-state index in [1.165, 1.54) is 0 Å². The lowest BCUT2D eigenvalue weighted by atomic mass is 10.1. The maximum Gasteiger partial charge on any atom is 0.245 e. The molecule has 1 atom stereocenters. The Kier molecular flexibility index (Phi) is 7.57. The third kappa shape index (κ3) is 5.82. The summed E-state index contributed by atoms with van der Waals surface area (Å²) in [6.07, 6.45) is 6.17. The van der Waals surface area contributed by atoms with E-state index in [4.69, 9.17) is 11.6 Å². The Bertz CT molecular complexity index is 562. The quantitative estimate of drug-likeness (QED) is 0.758. The number of unbranched alkanes of at least 4 members (excludes halogenated alkanes) is 2. The molecule has 1 unspecified atom stereocenters. The highest BCUT2D eigenvalue weighted by Gasteiger charge is 2.28. The normalized spacial score (nSPS) is 18.3. The van der Waals surface area contributed by atoms with Crippen LogP contribution in [0, 0.1) is 0 Å². The molecule has 132 valence electrons. The van der Waals surface area contributed by atoms with Crippen molar-refractivity contribution in [3.63, 3.8) is 0 Å². The summed E-state index contributed by atoms with van der Waals surface area (Å²) in [7, 11) is 0. The molecule has 4 nitrogen and oxygen atoms in total. The molecule has 0 bridgehead atoms. The third-order valence-corrected chi connectivity index (χ3v) is 4.62. The summed E-state index contributed by atoms with van der Waals surface area (Å²) in [5, 5.41) is 3.61. The monoisotopic (exact) mass is 350 g/mol. The highest BCUT2D eigenvalue weighted by Crippen LogP contribution is 2.18. The van der Waals surface area contributed by atoms with E-state index in [1.807, 2.05) is 29.2 Å². The summed E-state index contributed by atoms with van der Waals surface area (Å²) < 4.78 is 0. The van der Waals surface area contributed by atoms with E-state index in [0.29, 0.717) is 18.0 Å². The van der Waals surface area contributed by atoms with E-state index < -0.39 is 0 Å². The minimum Gasteiger partial charge on any atom is -0.344 e.